The number of nitrogens with one attached hydrogen (secondary N) is 1. The third kappa shape index (κ3) is 5.05. The summed E-state index contributed by atoms with van der Waals surface area (Å²) in [4.78, 5) is 25.4. The first-order chi connectivity index (χ1) is 12.9. The number of amides is 1. The molecular weight excluding hydrogens is 366 g/mol. The van der Waals surface area contributed by atoms with Gasteiger partial charge in [0.25, 0.3) is 5.69 Å². The summed E-state index contributed by atoms with van der Waals surface area (Å²) in [6.45, 7) is 4.48. The minimum absolute atomic E-state index is 0.0978. The second kappa shape index (κ2) is 8.50. The number of halogens is 1. The van der Waals surface area contributed by atoms with E-state index >= 15 is 0 Å². The molecule has 1 saturated heterocycles. The van der Waals surface area contributed by atoms with Crippen LogP contribution in [0.5, 0.6) is 0 Å². The monoisotopic (exact) mass is 387 g/mol. The van der Waals surface area contributed by atoms with Crippen molar-refractivity contribution < 1.29 is 9.72 Å². The standard InChI is InChI=1S/C20H22ClN3O3/c1-14-4-6-15(7-5-14)12-23-10-2-3-16(13-23)20(25)22-19-11-17(24(26)27)8-9-18(19)21/h4-9,11,16H,2-3,10,12-13H2,1H3,(H,22,25). The Hall–Kier alpha value is -2.44. The number of carbonyl (C=O) groups is 1. The number of nitro benzene ring substituents is 1. The van der Waals surface area contributed by atoms with Crippen molar-refractivity contribution in [2.75, 3.05) is 18.4 Å². The summed E-state index contributed by atoms with van der Waals surface area (Å²) in [5.41, 5.74) is 2.64. The maximum Gasteiger partial charge on any atom is 0.271 e. The highest BCUT2D eigenvalue weighted by atomic mass is 35.5. The van der Waals surface area contributed by atoms with Gasteiger partial charge in [-0.25, -0.2) is 0 Å². The number of anilines is 1. The van der Waals surface area contributed by atoms with Gasteiger partial charge in [0, 0.05) is 25.2 Å². The number of nitrogens with zero attached hydrogens (tertiary/aromatic N) is 2. The summed E-state index contributed by atoms with van der Waals surface area (Å²) in [5.74, 6) is -0.314. The number of rotatable bonds is 5. The Bertz CT molecular complexity index is 839. The quantitative estimate of drug-likeness (QED) is 0.609. The fourth-order valence-electron chi connectivity index (χ4n) is 3.32. The molecule has 0 bridgehead atoms. The van der Waals surface area contributed by atoms with Gasteiger partial charge in [-0.3, -0.25) is 19.8 Å². The minimum atomic E-state index is -0.504. The number of piperidine rings is 1. The highest BCUT2D eigenvalue weighted by molar-refractivity contribution is 6.33. The Morgan fingerprint density at radius 1 is 1.30 bits per heavy atom. The summed E-state index contributed by atoms with van der Waals surface area (Å²) >= 11 is 6.08. The zero-order chi connectivity index (χ0) is 19.4. The predicted molar refractivity (Wildman–Crippen MR) is 106 cm³/mol. The second-order valence-electron chi connectivity index (χ2n) is 6.97. The minimum Gasteiger partial charge on any atom is -0.324 e. The van der Waals surface area contributed by atoms with Crippen molar-refractivity contribution in [3.05, 3.63) is 68.7 Å². The zero-order valence-electron chi connectivity index (χ0n) is 15.2. The van der Waals surface area contributed by atoms with Crippen LogP contribution in [0.15, 0.2) is 42.5 Å². The molecule has 142 valence electrons. The molecule has 6 nitrogen and oxygen atoms in total. The molecule has 0 aliphatic carbocycles. The molecule has 1 N–H and O–H groups in total. The average Bonchev–Trinajstić information content (AvgIpc) is 2.65. The van der Waals surface area contributed by atoms with E-state index in [1.165, 1.54) is 29.3 Å². The van der Waals surface area contributed by atoms with E-state index in [0.29, 0.717) is 11.6 Å². The SMILES string of the molecule is Cc1ccc(CN2CCCC(C(=O)Nc3cc([N+](=O)[O-])ccc3Cl)C2)cc1. The van der Waals surface area contributed by atoms with E-state index in [-0.39, 0.29) is 23.2 Å². The molecule has 1 amide bonds. The van der Waals surface area contributed by atoms with Gasteiger partial charge in [-0.15, -0.1) is 0 Å². The van der Waals surface area contributed by atoms with Crippen molar-refractivity contribution in [2.45, 2.75) is 26.3 Å². The van der Waals surface area contributed by atoms with Crippen molar-refractivity contribution in [3.8, 4) is 0 Å². The lowest BCUT2D eigenvalue weighted by molar-refractivity contribution is -0.384. The number of hydrogen-bond donors (Lipinski definition) is 1. The van der Waals surface area contributed by atoms with Gasteiger partial charge < -0.3 is 5.32 Å². The van der Waals surface area contributed by atoms with E-state index in [0.717, 1.165) is 25.9 Å². The number of nitro groups is 1. The number of aryl methyl sites for hydroxylation is 1. The van der Waals surface area contributed by atoms with Gasteiger partial charge in [0.15, 0.2) is 0 Å². The lowest BCUT2D eigenvalue weighted by atomic mass is 9.96. The van der Waals surface area contributed by atoms with Crippen LogP contribution < -0.4 is 5.32 Å². The maximum atomic E-state index is 12.7. The summed E-state index contributed by atoms with van der Waals surface area (Å²) in [5, 5.41) is 14.0. The molecule has 0 radical (unpaired) electrons. The molecule has 1 unspecified atom stereocenters. The molecule has 27 heavy (non-hydrogen) atoms. The molecule has 3 rings (SSSR count). The molecule has 1 fully saturated rings. The van der Waals surface area contributed by atoms with Crippen molar-refractivity contribution in [3.63, 3.8) is 0 Å². The first-order valence-corrected chi connectivity index (χ1v) is 9.33. The van der Waals surface area contributed by atoms with Gasteiger partial charge in [0.1, 0.15) is 0 Å². The molecule has 0 aromatic heterocycles. The second-order valence-corrected chi connectivity index (χ2v) is 7.38. The number of non-ortho nitro benzene ring substituents is 1. The summed E-state index contributed by atoms with van der Waals surface area (Å²) in [6, 6.07) is 12.5. The molecular formula is C20H22ClN3O3. The normalized spacial score (nSPS) is 17.5. The molecule has 1 aliphatic rings. The fraction of sp³-hybridized carbons (Fsp3) is 0.350. The Morgan fingerprint density at radius 3 is 2.74 bits per heavy atom. The van der Waals surface area contributed by atoms with E-state index in [2.05, 4.69) is 41.4 Å². The van der Waals surface area contributed by atoms with Crippen LogP contribution in [0.2, 0.25) is 5.02 Å². The van der Waals surface area contributed by atoms with Crippen molar-refractivity contribution >= 4 is 28.9 Å². The first kappa shape index (κ1) is 19.3. The Kier molecular flexibility index (Phi) is 6.08. The van der Waals surface area contributed by atoms with E-state index in [1.807, 2.05) is 0 Å². The third-order valence-corrected chi connectivity index (χ3v) is 5.15. The Balaban J connectivity index is 1.64. The van der Waals surface area contributed by atoms with Gasteiger partial charge in [-0.2, -0.15) is 0 Å². The zero-order valence-corrected chi connectivity index (χ0v) is 15.9. The fourth-order valence-corrected chi connectivity index (χ4v) is 3.49. The van der Waals surface area contributed by atoms with E-state index in [4.69, 9.17) is 11.6 Å². The van der Waals surface area contributed by atoms with Crippen LogP contribution in [-0.2, 0) is 11.3 Å². The van der Waals surface area contributed by atoms with Crippen LogP contribution in [-0.4, -0.2) is 28.8 Å². The van der Waals surface area contributed by atoms with Crippen LogP contribution in [0.25, 0.3) is 0 Å². The number of carbonyl (C=O) groups excluding carboxylic acids is 1. The molecule has 0 saturated carbocycles. The summed E-state index contributed by atoms with van der Waals surface area (Å²) < 4.78 is 0. The van der Waals surface area contributed by atoms with Gasteiger partial charge in [0.05, 0.1) is 21.6 Å². The van der Waals surface area contributed by atoms with Crippen LogP contribution in [0.1, 0.15) is 24.0 Å². The van der Waals surface area contributed by atoms with Crippen LogP contribution >= 0.6 is 11.6 Å². The van der Waals surface area contributed by atoms with Crippen LogP contribution in [0, 0.1) is 23.0 Å². The van der Waals surface area contributed by atoms with Gasteiger partial charge in [-0.1, -0.05) is 41.4 Å². The smallest absolute Gasteiger partial charge is 0.271 e. The Morgan fingerprint density at radius 2 is 2.04 bits per heavy atom. The van der Waals surface area contributed by atoms with Crippen molar-refractivity contribution in [2.24, 2.45) is 5.92 Å². The Labute approximate surface area is 163 Å². The molecule has 1 heterocycles. The molecule has 1 atom stereocenters. The molecule has 0 spiro atoms. The van der Waals surface area contributed by atoms with Crippen LogP contribution in [0.4, 0.5) is 11.4 Å². The van der Waals surface area contributed by atoms with E-state index < -0.39 is 4.92 Å². The summed E-state index contributed by atoms with van der Waals surface area (Å²) in [6.07, 6.45) is 1.73. The van der Waals surface area contributed by atoms with Crippen molar-refractivity contribution in [1.82, 2.24) is 4.90 Å². The highest BCUT2D eigenvalue weighted by Gasteiger charge is 2.26. The topological polar surface area (TPSA) is 75.5 Å². The number of likely N-dealkylation sites (tertiary alicyclic amines) is 1. The molecule has 7 heteroatoms. The molecule has 2 aromatic carbocycles. The van der Waals surface area contributed by atoms with Gasteiger partial charge >= 0.3 is 0 Å². The lowest BCUT2D eigenvalue weighted by Gasteiger charge is -2.32. The van der Waals surface area contributed by atoms with Gasteiger partial charge in [-0.05, 0) is 37.9 Å². The largest absolute Gasteiger partial charge is 0.324 e. The number of benzene rings is 2. The van der Waals surface area contributed by atoms with Crippen molar-refractivity contribution in [1.29, 1.82) is 0 Å². The lowest BCUT2D eigenvalue weighted by Crippen LogP contribution is -2.40. The van der Waals surface area contributed by atoms with Gasteiger partial charge in [0.2, 0.25) is 5.91 Å². The van der Waals surface area contributed by atoms with E-state index in [1.54, 1.807) is 0 Å². The van der Waals surface area contributed by atoms with Crippen LogP contribution in [0.3, 0.4) is 0 Å². The predicted octanol–water partition coefficient (Wildman–Crippen LogP) is 4.41. The van der Waals surface area contributed by atoms with E-state index in [9.17, 15) is 14.9 Å². The summed E-state index contributed by atoms with van der Waals surface area (Å²) in [7, 11) is 0. The highest BCUT2D eigenvalue weighted by Crippen LogP contribution is 2.28. The molecule has 1 aliphatic heterocycles. The molecule has 2 aromatic rings. The third-order valence-electron chi connectivity index (χ3n) is 4.82. The number of hydrogen-bond acceptors (Lipinski definition) is 4. The first-order valence-electron chi connectivity index (χ1n) is 8.95. The average molecular weight is 388 g/mol. The maximum absolute atomic E-state index is 12.7.